The van der Waals surface area contributed by atoms with Gasteiger partial charge in [-0.25, -0.2) is 0 Å². The quantitative estimate of drug-likeness (QED) is 0.467. The van der Waals surface area contributed by atoms with Crippen LogP contribution < -0.4 is 5.32 Å². The van der Waals surface area contributed by atoms with Gasteiger partial charge in [-0.05, 0) is 30.7 Å². The molecule has 0 spiro atoms. The normalized spacial score (nSPS) is 11.0. The molecule has 0 aliphatic heterocycles. The molecule has 0 saturated heterocycles. The SMILES string of the molecule is N#Cc1cnc2c(Cl)cccc2c1NCCCn1ncc2ccc(Cl)cc21. The van der Waals surface area contributed by atoms with Crippen molar-refractivity contribution >= 4 is 50.7 Å². The molecule has 2 heterocycles. The van der Waals surface area contributed by atoms with E-state index in [0.717, 1.165) is 34.9 Å². The van der Waals surface area contributed by atoms with Gasteiger partial charge in [0.1, 0.15) is 6.07 Å². The minimum absolute atomic E-state index is 0.501. The lowest BCUT2D eigenvalue weighted by molar-refractivity contribution is 0.610. The molecule has 0 atom stereocenters. The van der Waals surface area contributed by atoms with Crippen molar-refractivity contribution in [1.82, 2.24) is 14.8 Å². The van der Waals surface area contributed by atoms with Crippen LogP contribution in [-0.4, -0.2) is 21.3 Å². The van der Waals surface area contributed by atoms with E-state index in [2.05, 4.69) is 21.5 Å². The highest BCUT2D eigenvalue weighted by molar-refractivity contribution is 6.35. The molecule has 2 aromatic carbocycles. The van der Waals surface area contributed by atoms with E-state index < -0.39 is 0 Å². The molecule has 134 valence electrons. The van der Waals surface area contributed by atoms with E-state index in [1.165, 1.54) is 0 Å². The topological polar surface area (TPSA) is 66.5 Å². The molecule has 0 fully saturated rings. The highest BCUT2D eigenvalue weighted by atomic mass is 35.5. The maximum atomic E-state index is 9.41. The summed E-state index contributed by atoms with van der Waals surface area (Å²) in [5.74, 6) is 0. The molecule has 27 heavy (non-hydrogen) atoms. The van der Waals surface area contributed by atoms with Gasteiger partial charge < -0.3 is 5.32 Å². The van der Waals surface area contributed by atoms with Gasteiger partial charge in [0.15, 0.2) is 0 Å². The van der Waals surface area contributed by atoms with Gasteiger partial charge in [0.2, 0.25) is 0 Å². The minimum Gasteiger partial charge on any atom is -0.383 e. The van der Waals surface area contributed by atoms with Gasteiger partial charge in [0.25, 0.3) is 0 Å². The third kappa shape index (κ3) is 3.42. The maximum Gasteiger partial charge on any atom is 0.103 e. The first-order chi connectivity index (χ1) is 13.2. The molecule has 0 saturated carbocycles. The van der Waals surface area contributed by atoms with Crippen molar-refractivity contribution in [2.75, 3.05) is 11.9 Å². The molecule has 0 aliphatic carbocycles. The molecule has 4 rings (SSSR count). The van der Waals surface area contributed by atoms with E-state index in [4.69, 9.17) is 23.2 Å². The Morgan fingerprint density at radius 2 is 2.04 bits per heavy atom. The second-order valence-electron chi connectivity index (χ2n) is 6.15. The molecule has 0 amide bonds. The molecule has 5 nitrogen and oxygen atoms in total. The van der Waals surface area contributed by atoms with Crippen LogP contribution in [0.2, 0.25) is 10.0 Å². The third-order valence-corrected chi connectivity index (χ3v) is 4.96. The predicted octanol–water partition coefficient (Wildman–Crippen LogP) is 5.27. The van der Waals surface area contributed by atoms with Crippen LogP contribution in [0.3, 0.4) is 0 Å². The summed E-state index contributed by atoms with van der Waals surface area (Å²) in [5, 5.41) is 20.4. The zero-order valence-electron chi connectivity index (χ0n) is 14.3. The Bertz CT molecular complexity index is 1180. The summed E-state index contributed by atoms with van der Waals surface area (Å²) in [5.41, 5.74) is 2.97. The molecule has 2 aromatic heterocycles. The summed E-state index contributed by atoms with van der Waals surface area (Å²) in [4.78, 5) is 4.30. The van der Waals surface area contributed by atoms with Gasteiger partial charge in [-0.2, -0.15) is 10.4 Å². The zero-order valence-corrected chi connectivity index (χ0v) is 15.8. The number of pyridine rings is 1. The van der Waals surface area contributed by atoms with Crippen molar-refractivity contribution in [3.63, 3.8) is 0 Å². The summed E-state index contributed by atoms with van der Waals surface area (Å²) in [7, 11) is 0. The van der Waals surface area contributed by atoms with E-state index in [1.807, 2.05) is 41.2 Å². The second kappa shape index (κ2) is 7.43. The second-order valence-corrected chi connectivity index (χ2v) is 6.99. The first kappa shape index (κ1) is 17.6. The van der Waals surface area contributed by atoms with Crippen molar-refractivity contribution < 1.29 is 0 Å². The third-order valence-electron chi connectivity index (χ3n) is 4.42. The van der Waals surface area contributed by atoms with E-state index in [9.17, 15) is 5.26 Å². The Kier molecular flexibility index (Phi) is 4.85. The molecule has 0 bridgehead atoms. The molecular weight excluding hydrogens is 381 g/mol. The first-order valence-electron chi connectivity index (χ1n) is 8.49. The minimum atomic E-state index is 0.501. The lowest BCUT2D eigenvalue weighted by Gasteiger charge is -2.12. The van der Waals surface area contributed by atoms with Crippen LogP contribution in [0, 0.1) is 11.3 Å². The highest BCUT2D eigenvalue weighted by Crippen LogP contribution is 2.29. The number of rotatable bonds is 5. The summed E-state index contributed by atoms with van der Waals surface area (Å²) in [6.07, 6.45) is 4.23. The van der Waals surface area contributed by atoms with Gasteiger partial charge >= 0.3 is 0 Å². The molecule has 7 heteroatoms. The van der Waals surface area contributed by atoms with Crippen LogP contribution in [0.5, 0.6) is 0 Å². The number of aryl methyl sites for hydroxylation is 1. The Morgan fingerprint density at radius 1 is 1.15 bits per heavy atom. The summed E-state index contributed by atoms with van der Waals surface area (Å²) in [6.45, 7) is 1.42. The van der Waals surface area contributed by atoms with Crippen molar-refractivity contribution in [2.24, 2.45) is 0 Å². The number of nitrogens with one attached hydrogen (secondary N) is 1. The Balaban J connectivity index is 1.51. The fourth-order valence-corrected chi connectivity index (χ4v) is 3.52. The zero-order chi connectivity index (χ0) is 18.8. The van der Waals surface area contributed by atoms with Gasteiger partial charge in [0, 0.05) is 35.1 Å². The number of halogens is 2. The number of nitrogens with zero attached hydrogens (tertiary/aromatic N) is 4. The van der Waals surface area contributed by atoms with E-state index in [0.29, 0.717) is 27.7 Å². The van der Waals surface area contributed by atoms with Crippen molar-refractivity contribution in [3.8, 4) is 6.07 Å². The average Bonchev–Trinajstić information content (AvgIpc) is 3.07. The standard InChI is InChI=1S/C20H15Cl2N5/c21-15-6-5-13-12-26-27(18(13)9-15)8-2-7-24-19-14(10-23)11-25-20-16(19)3-1-4-17(20)22/h1,3-6,9,11-12H,2,7-8H2,(H,24,25). The molecular formula is C20H15Cl2N5. The number of benzene rings is 2. The van der Waals surface area contributed by atoms with Crippen LogP contribution >= 0.6 is 23.2 Å². The molecule has 0 aliphatic rings. The summed E-state index contributed by atoms with van der Waals surface area (Å²) >= 11 is 12.3. The fraction of sp³-hybridized carbons (Fsp3) is 0.150. The number of hydrogen-bond donors (Lipinski definition) is 1. The van der Waals surface area contributed by atoms with Gasteiger partial charge in [0.05, 0.1) is 33.5 Å². The maximum absolute atomic E-state index is 9.41. The molecule has 0 unspecified atom stereocenters. The predicted molar refractivity (Wildman–Crippen MR) is 109 cm³/mol. The van der Waals surface area contributed by atoms with E-state index in [-0.39, 0.29) is 0 Å². The number of fused-ring (bicyclic) bond motifs is 2. The van der Waals surface area contributed by atoms with Crippen LogP contribution in [0.1, 0.15) is 12.0 Å². The smallest absolute Gasteiger partial charge is 0.103 e. The Morgan fingerprint density at radius 3 is 2.89 bits per heavy atom. The van der Waals surface area contributed by atoms with Crippen LogP contribution in [0.25, 0.3) is 21.8 Å². The highest BCUT2D eigenvalue weighted by Gasteiger charge is 2.10. The first-order valence-corrected chi connectivity index (χ1v) is 9.25. The Hall–Kier alpha value is -2.81. The van der Waals surface area contributed by atoms with Crippen LogP contribution in [0.4, 0.5) is 5.69 Å². The van der Waals surface area contributed by atoms with Crippen LogP contribution in [-0.2, 0) is 6.54 Å². The van der Waals surface area contributed by atoms with Gasteiger partial charge in [-0.15, -0.1) is 0 Å². The summed E-state index contributed by atoms with van der Waals surface area (Å²) in [6, 6.07) is 13.5. The molecule has 0 radical (unpaired) electrons. The Labute approximate surface area is 166 Å². The van der Waals surface area contributed by atoms with Gasteiger partial charge in [-0.3, -0.25) is 9.67 Å². The van der Waals surface area contributed by atoms with Crippen LogP contribution in [0.15, 0.2) is 48.8 Å². The number of nitriles is 1. The van der Waals surface area contributed by atoms with Crippen molar-refractivity contribution in [1.29, 1.82) is 5.26 Å². The number of para-hydroxylation sites is 1. The number of aromatic nitrogens is 3. The van der Waals surface area contributed by atoms with Crippen molar-refractivity contribution in [3.05, 3.63) is 64.4 Å². The fourth-order valence-electron chi connectivity index (χ4n) is 3.13. The number of anilines is 1. The summed E-state index contributed by atoms with van der Waals surface area (Å²) < 4.78 is 1.94. The van der Waals surface area contributed by atoms with Gasteiger partial charge in [-0.1, -0.05) is 35.3 Å². The molecule has 4 aromatic rings. The average molecular weight is 396 g/mol. The largest absolute Gasteiger partial charge is 0.383 e. The monoisotopic (exact) mass is 395 g/mol. The lowest BCUT2D eigenvalue weighted by Crippen LogP contribution is -2.09. The molecule has 1 N–H and O–H groups in total. The van der Waals surface area contributed by atoms with E-state index >= 15 is 0 Å². The number of hydrogen-bond acceptors (Lipinski definition) is 4. The lowest BCUT2D eigenvalue weighted by atomic mass is 10.1. The van der Waals surface area contributed by atoms with Crippen molar-refractivity contribution in [2.45, 2.75) is 13.0 Å². The van der Waals surface area contributed by atoms with E-state index in [1.54, 1.807) is 12.3 Å².